The average molecular weight is 305 g/mol. The molecule has 1 aliphatic rings. The second-order valence-electron chi connectivity index (χ2n) is 4.84. The summed E-state index contributed by atoms with van der Waals surface area (Å²) in [5.41, 5.74) is 1.60. The maximum Gasteiger partial charge on any atom is 0.334 e. The first-order valence-corrected chi connectivity index (χ1v) is 6.71. The number of dihydropyridines is 1. The lowest BCUT2D eigenvalue weighted by Gasteiger charge is -2.28. The zero-order valence-corrected chi connectivity index (χ0v) is 12.4. The van der Waals surface area contributed by atoms with E-state index in [2.05, 4.69) is 17.9 Å². The van der Waals surface area contributed by atoms with Gasteiger partial charge in [-0.3, -0.25) is 0 Å². The Kier molecular flexibility index (Phi) is 4.09. The molecule has 0 aliphatic carbocycles. The van der Waals surface area contributed by atoms with Gasteiger partial charge in [0, 0.05) is 16.3 Å². The molecule has 0 saturated carbocycles. The van der Waals surface area contributed by atoms with Crippen LogP contribution in [0.4, 0.5) is 0 Å². The number of hydrogen-bond acceptors (Lipinski definition) is 4. The summed E-state index contributed by atoms with van der Waals surface area (Å²) in [6, 6.07) is 6.82. The van der Waals surface area contributed by atoms with Gasteiger partial charge in [0.1, 0.15) is 0 Å². The molecule has 1 aromatic rings. The number of hydrogen-bond donors (Lipinski definition) is 4. The lowest BCUT2D eigenvalue weighted by molar-refractivity contribution is -0.133. The molecule has 1 aromatic carbocycles. The second-order valence-corrected chi connectivity index (χ2v) is 5.35. The SMILES string of the molecule is CC1=C(C(=O)O)C(c2ccc(S)cc2)C(C(=O)O)=C(C)N1. The standard InChI is InChI=1S/C15H15NO4S/c1-7-11(14(17)18)13(9-3-5-10(21)6-4-9)12(15(19)20)8(2)16-7/h3-6,13,16,21H,1-2H3,(H,17,18)(H,19,20). The highest BCUT2D eigenvalue weighted by atomic mass is 32.1. The molecule has 0 fully saturated rings. The van der Waals surface area contributed by atoms with Crippen molar-refractivity contribution >= 4 is 24.6 Å². The molecule has 0 saturated heterocycles. The second kappa shape index (κ2) is 5.65. The number of rotatable bonds is 3. The van der Waals surface area contributed by atoms with E-state index in [4.69, 9.17) is 0 Å². The molecule has 2 rings (SSSR count). The Hall–Kier alpha value is -2.21. The monoisotopic (exact) mass is 305 g/mol. The predicted molar refractivity (Wildman–Crippen MR) is 80.2 cm³/mol. The van der Waals surface area contributed by atoms with Crippen LogP contribution in [-0.4, -0.2) is 22.2 Å². The summed E-state index contributed by atoms with van der Waals surface area (Å²) in [6.45, 7) is 3.26. The van der Waals surface area contributed by atoms with E-state index in [0.717, 1.165) is 4.90 Å². The number of nitrogens with one attached hydrogen (secondary N) is 1. The largest absolute Gasteiger partial charge is 0.478 e. The van der Waals surface area contributed by atoms with Crippen LogP contribution >= 0.6 is 12.6 Å². The summed E-state index contributed by atoms with van der Waals surface area (Å²) >= 11 is 4.19. The summed E-state index contributed by atoms with van der Waals surface area (Å²) in [5.74, 6) is -3.08. The number of carbonyl (C=O) groups is 2. The van der Waals surface area contributed by atoms with E-state index in [1.165, 1.54) is 0 Å². The van der Waals surface area contributed by atoms with Crippen LogP contribution in [0.2, 0.25) is 0 Å². The van der Waals surface area contributed by atoms with Crippen LogP contribution in [0.15, 0.2) is 51.7 Å². The van der Waals surface area contributed by atoms with Crippen molar-refractivity contribution in [3.63, 3.8) is 0 Å². The molecule has 0 radical (unpaired) electrons. The number of carboxylic acid groups (broad SMARTS) is 2. The van der Waals surface area contributed by atoms with Crippen molar-refractivity contribution in [2.45, 2.75) is 24.7 Å². The van der Waals surface area contributed by atoms with Crippen molar-refractivity contribution < 1.29 is 19.8 Å². The molecule has 0 spiro atoms. The Morgan fingerprint density at radius 3 is 1.81 bits per heavy atom. The fourth-order valence-electron chi connectivity index (χ4n) is 2.56. The molecule has 0 atom stereocenters. The van der Waals surface area contributed by atoms with Crippen LogP contribution in [0.5, 0.6) is 0 Å². The molecule has 0 bridgehead atoms. The van der Waals surface area contributed by atoms with E-state index >= 15 is 0 Å². The van der Waals surface area contributed by atoms with Crippen molar-refractivity contribution in [3.8, 4) is 0 Å². The molecule has 1 heterocycles. The van der Waals surface area contributed by atoms with E-state index in [0.29, 0.717) is 17.0 Å². The van der Waals surface area contributed by atoms with E-state index in [1.54, 1.807) is 38.1 Å². The van der Waals surface area contributed by atoms with Gasteiger partial charge in [-0.05, 0) is 31.5 Å². The van der Waals surface area contributed by atoms with E-state index < -0.39 is 17.9 Å². The molecular weight excluding hydrogens is 290 g/mol. The first-order chi connectivity index (χ1) is 9.82. The predicted octanol–water partition coefficient (Wildman–Crippen LogP) is 2.38. The van der Waals surface area contributed by atoms with E-state index in [-0.39, 0.29) is 11.1 Å². The summed E-state index contributed by atoms with van der Waals surface area (Å²) < 4.78 is 0. The van der Waals surface area contributed by atoms with Gasteiger partial charge in [0.05, 0.1) is 17.1 Å². The molecular formula is C15H15NO4S. The zero-order valence-electron chi connectivity index (χ0n) is 11.5. The van der Waals surface area contributed by atoms with Gasteiger partial charge in [0.15, 0.2) is 0 Å². The van der Waals surface area contributed by atoms with Crippen molar-refractivity contribution in [3.05, 3.63) is 52.4 Å². The minimum Gasteiger partial charge on any atom is -0.478 e. The van der Waals surface area contributed by atoms with Crippen molar-refractivity contribution in [1.82, 2.24) is 5.32 Å². The molecule has 0 amide bonds. The average Bonchev–Trinajstić information content (AvgIpc) is 2.37. The molecule has 5 nitrogen and oxygen atoms in total. The smallest absolute Gasteiger partial charge is 0.334 e. The van der Waals surface area contributed by atoms with Crippen LogP contribution in [0, 0.1) is 0 Å². The maximum atomic E-state index is 11.6. The molecule has 0 unspecified atom stereocenters. The molecule has 1 aliphatic heterocycles. The molecule has 6 heteroatoms. The van der Waals surface area contributed by atoms with Gasteiger partial charge in [-0.1, -0.05) is 12.1 Å². The Balaban J connectivity index is 2.67. The van der Waals surface area contributed by atoms with Gasteiger partial charge < -0.3 is 15.5 Å². The van der Waals surface area contributed by atoms with Gasteiger partial charge in [-0.15, -0.1) is 12.6 Å². The summed E-state index contributed by atoms with van der Waals surface area (Å²) in [4.78, 5) is 23.8. The molecule has 3 N–H and O–H groups in total. The van der Waals surface area contributed by atoms with Gasteiger partial charge in [0.25, 0.3) is 0 Å². The van der Waals surface area contributed by atoms with E-state index in [9.17, 15) is 19.8 Å². The number of carboxylic acids is 2. The van der Waals surface area contributed by atoms with Crippen LogP contribution in [0.1, 0.15) is 25.3 Å². The Bertz CT molecular complexity index is 637. The minimum absolute atomic E-state index is 0.0462. The highest BCUT2D eigenvalue weighted by molar-refractivity contribution is 7.80. The molecule has 110 valence electrons. The fourth-order valence-corrected chi connectivity index (χ4v) is 2.71. The number of allylic oxidation sites excluding steroid dienone is 2. The molecule has 0 aromatic heterocycles. The summed E-state index contributed by atoms with van der Waals surface area (Å²) in [7, 11) is 0. The Morgan fingerprint density at radius 1 is 1.00 bits per heavy atom. The lowest BCUT2D eigenvalue weighted by atomic mass is 9.80. The molecule has 21 heavy (non-hydrogen) atoms. The van der Waals surface area contributed by atoms with E-state index in [1.807, 2.05) is 0 Å². The van der Waals surface area contributed by atoms with Crippen LogP contribution in [-0.2, 0) is 9.59 Å². The third-order valence-corrected chi connectivity index (χ3v) is 3.75. The highest BCUT2D eigenvalue weighted by Crippen LogP contribution is 2.38. The third kappa shape index (κ3) is 2.80. The van der Waals surface area contributed by atoms with Gasteiger partial charge in [-0.2, -0.15) is 0 Å². The number of thiol groups is 1. The third-order valence-electron chi connectivity index (χ3n) is 3.45. The quantitative estimate of drug-likeness (QED) is 0.644. The first kappa shape index (κ1) is 15.2. The van der Waals surface area contributed by atoms with Gasteiger partial charge >= 0.3 is 11.9 Å². The zero-order chi connectivity index (χ0) is 15.7. The van der Waals surface area contributed by atoms with Gasteiger partial charge in [0.2, 0.25) is 0 Å². The van der Waals surface area contributed by atoms with Crippen LogP contribution in [0.3, 0.4) is 0 Å². The van der Waals surface area contributed by atoms with Gasteiger partial charge in [-0.25, -0.2) is 9.59 Å². The maximum absolute atomic E-state index is 11.6. The van der Waals surface area contributed by atoms with Crippen LogP contribution < -0.4 is 5.32 Å². The first-order valence-electron chi connectivity index (χ1n) is 6.27. The van der Waals surface area contributed by atoms with Crippen molar-refractivity contribution in [2.24, 2.45) is 0 Å². The topological polar surface area (TPSA) is 86.6 Å². The normalized spacial score (nSPS) is 16.0. The Labute approximate surface area is 127 Å². The van der Waals surface area contributed by atoms with Crippen molar-refractivity contribution in [1.29, 1.82) is 0 Å². The minimum atomic E-state index is -1.13. The van der Waals surface area contributed by atoms with Crippen molar-refractivity contribution in [2.75, 3.05) is 0 Å². The number of aliphatic carboxylic acids is 2. The summed E-state index contributed by atoms with van der Waals surface area (Å²) in [6.07, 6.45) is 0. The highest BCUT2D eigenvalue weighted by Gasteiger charge is 2.36. The van der Waals surface area contributed by atoms with Crippen LogP contribution in [0.25, 0.3) is 0 Å². The summed E-state index contributed by atoms with van der Waals surface area (Å²) in [5, 5.41) is 21.7. The Morgan fingerprint density at radius 2 is 1.43 bits per heavy atom. The number of benzene rings is 1. The lowest BCUT2D eigenvalue weighted by Crippen LogP contribution is -2.30. The fraction of sp³-hybridized carbons (Fsp3) is 0.200.